The van der Waals surface area contributed by atoms with Crippen molar-refractivity contribution < 1.29 is 18.6 Å². The maximum atomic E-state index is 5.95. The van der Waals surface area contributed by atoms with Crippen LogP contribution in [0.3, 0.4) is 0 Å². The van der Waals surface area contributed by atoms with Crippen LogP contribution >= 0.6 is 0 Å². The molecule has 0 aromatic carbocycles. The molecule has 2 fully saturated rings. The SMILES string of the molecule is C[C@H]1CC(C)(C)OB(B2O[C@@H](C)CC(C)(C)O2)O1. The van der Waals surface area contributed by atoms with Crippen molar-refractivity contribution in [2.45, 2.75) is 77.8 Å². The highest BCUT2D eigenvalue weighted by molar-refractivity contribution is 7.10. The van der Waals surface area contributed by atoms with Crippen LogP contribution in [0.4, 0.5) is 0 Å². The molecule has 2 heterocycles. The maximum Gasteiger partial charge on any atom is 0.488 e. The lowest BCUT2D eigenvalue weighted by molar-refractivity contribution is -0.0518. The van der Waals surface area contributed by atoms with Crippen molar-refractivity contribution in [1.29, 1.82) is 0 Å². The van der Waals surface area contributed by atoms with E-state index in [0.29, 0.717) is 0 Å². The summed E-state index contributed by atoms with van der Waals surface area (Å²) in [7, 11) is -0.878. The Labute approximate surface area is 111 Å². The average Bonchev–Trinajstić information content (AvgIpc) is 2.10. The van der Waals surface area contributed by atoms with Gasteiger partial charge in [-0.05, 0) is 54.4 Å². The van der Waals surface area contributed by atoms with Gasteiger partial charge in [-0.1, -0.05) is 0 Å². The quantitative estimate of drug-likeness (QED) is 0.672. The molecule has 2 aliphatic heterocycles. The summed E-state index contributed by atoms with van der Waals surface area (Å²) < 4.78 is 23.6. The largest absolute Gasteiger partial charge is 0.488 e. The van der Waals surface area contributed by atoms with E-state index in [1.165, 1.54) is 0 Å². The van der Waals surface area contributed by atoms with Crippen LogP contribution in [0.2, 0.25) is 0 Å². The van der Waals surface area contributed by atoms with Crippen LogP contribution in [-0.2, 0) is 18.6 Å². The van der Waals surface area contributed by atoms with E-state index >= 15 is 0 Å². The van der Waals surface area contributed by atoms with Crippen LogP contribution in [0.5, 0.6) is 0 Å². The van der Waals surface area contributed by atoms with Crippen molar-refractivity contribution in [3.63, 3.8) is 0 Å². The lowest BCUT2D eigenvalue weighted by Gasteiger charge is -2.44. The molecule has 0 bridgehead atoms. The van der Waals surface area contributed by atoms with Crippen LogP contribution in [0.1, 0.15) is 54.4 Å². The van der Waals surface area contributed by atoms with Gasteiger partial charge in [-0.3, -0.25) is 0 Å². The van der Waals surface area contributed by atoms with Gasteiger partial charge in [0.15, 0.2) is 0 Å². The first kappa shape index (κ1) is 14.4. The fourth-order valence-electron chi connectivity index (χ4n) is 2.96. The molecule has 0 spiro atoms. The molecular formula is C12H24B2O4. The average molecular weight is 254 g/mol. The zero-order valence-electron chi connectivity index (χ0n) is 12.4. The minimum absolute atomic E-state index is 0.159. The second kappa shape index (κ2) is 4.82. The fourth-order valence-corrected chi connectivity index (χ4v) is 2.96. The zero-order valence-corrected chi connectivity index (χ0v) is 12.4. The fraction of sp³-hybridized carbons (Fsp3) is 1.00. The van der Waals surface area contributed by atoms with E-state index in [2.05, 4.69) is 41.5 Å². The molecule has 0 aromatic heterocycles. The summed E-state index contributed by atoms with van der Waals surface area (Å²) in [5, 5.41) is 0. The van der Waals surface area contributed by atoms with Crippen molar-refractivity contribution in [3.05, 3.63) is 0 Å². The standard InChI is InChI=1S/C12H24B2O4/c1-9-7-11(3,4)17-13(15-9)14-16-10(2)8-12(5,6)18-14/h9-10H,7-8H2,1-6H3/t9-,10-/m0/s1. The maximum absolute atomic E-state index is 5.95. The molecule has 0 radical (unpaired) electrons. The Morgan fingerprint density at radius 2 is 1.11 bits per heavy atom. The van der Waals surface area contributed by atoms with Gasteiger partial charge in [0.25, 0.3) is 0 Å². The van der Waals surface area contributed by atoms with Crippen LogP contribution in [0, 0.1) is 0 Å². The summed E-state index contributed by atoms with van der Waals surface area (Å²) in [6.07, 6.45) is 2.09. The predicted octanol–water partition coefficient (Wildman–Crippen LogP) is 2.25. The summed E-state index contributed by atoms with van der Waals surface area (Å²) in [6, 6.07) is 0. The van der Waals surface area contributed by atoms with Crippen LogP contribution < -0.4 is 0 Å². The van der Waals surface area contributed by atoms with Crippen molar-refractivity contribution in [3.8, 4) is 0 Å². The molecule has 2 atom stereocenters. The molecule has 0 unspecified atom stereocenters. The van der Waals surface area contributed by atoms with Crippen molar-refractivity contribution >= 4 is 14.0 Å². The lowest BCUT2D eigenvalue weighted by atomic mass is 9.46. The van der Waals surface area contributed by atoms with Gasteiger partial charge in [0, 0.05) is 12.2 Å². The zero-order chi connectivity index (χ0) is 13.6. The molecule has 2 rings (SSSR count). The Morgan fingerprint density at radius 1 is 0.778 bits per heavy atom. The highest BCUT2D eigenvalue weighted by Gasteiger charge is 2.52. The third kappa shape index (κ3) is 3.50. The normalized spacial score (nSPS) is 35.7. The van der Waals surface area contributed by atoms with Crippen molar-refractivity contribution in [2.24, 2.45) is 0 Å². The first-order valence-electron chi connectivity index (χ1n) is 6.83. The predicted molar refractivity (Wildman–Crippen MR) is 72.2 cm³/mol. The van der Waals surface area contributed by atoms with Gasteiger partial charge >= 0.3 is 14.0 Å². The minimum Gasteiger partial charge on any atom is -0.411 e. The van der Waals surface area contributed by atoms with Gasteiger partial charge in [-0.2, -0.15) is 0 Å². The van der Waals surface area contributed by atoms with E-state index < -0.39 is 14.0 Å². The second-order valence-electron chi connectivity index (χ2n) is 6.79. The monoisotopic (exact) mass is 254 g/mol. The van der Waals surface area contributed by atoms with E-state index in [1.807, 2.05) is 0 Å². The molecule has 0 aliphatic carbocycles. The van der Waals surface area contributed by atoms with Crippen LogP contribution in [0.25, 0.3) is 0 Å². The van der Waals surface area contributed by atoms with Gasteiger partial charge in [-0.15, -0.1) is 0 Å². The highest BCUT2D eigenvalue weighted by atomic mass is 16.7. The minimum atomic E-state index is -0.439. The van der Waals surface area contributed by atoms with E-state index in [-0.39, 0.29) is 23.4 Å². The molecule has 18 heavy (non-hydrogen) atoms. The molecule has 0 N–H and O–H groups in total. The molecule has 0 saturated carbocycles. The first-order chi connectivity index (χ1) is 8.17. The highest BCUT2D eigenvalue weighted by Crippen LogP contribution is 2.31. The second-order valence-corrected chi connectivity index (χ2v) is 6.79. The van der Waals surface area contributed by atoms with E-state index in [4.69, 9.17) is 18.6 Å². The van der Waals surface area contributed by atoms with Gasteiger partial charge in [0.1, 0.15) is 0 Å². The van der Waals surface area contributed by atoms with Gasteiger partial charge in [-0.25, -0.2) is 0 Å². The summed E-state index contributed by atoms with van der Waals surface area (Å²) >= 11 is 0. The Balaban J connectivity index is 2.06. The molecular weight excluding hydrogens is 230 g/mol. The Bertz CT molecular complexity index is 278. The van der Waals surface area contributed by atoms with Gasteiger partial charge in [0.2, 0.25) is 0 Å². The molecule has 102 valence electrons. The Kier molecular flexibility index (Phi) is 3.85. The first-order valence-corrected chi connectivity index (χ1v) is 6.83. The molecule has 0 aromatic rings. The summed E-state index contributed by atoms with van der Waals surface area (Å²) in [4.78, 5) is 0. The third-order valence-corrected chi connectivity index (χ3v) is 3.38. The molecule has 2 aliphatic rings. The van der Waals surface area contributed by atoms with E-state index in [9.17, 15) is 0 Å². The van der Waals surface area contributed by atoms with Crippen molar-refractivity contribution in [1.82, 2.24) is 0 Å². The number of rotatable bonds is 1. The topological polar surface area (TPSA) is 36.9 Å². The summed E-state index contributed by atoms with van der Waals surface area (Å²) in [5.74, 6) is 0. The van der Waals surface area contributed by atoms with E-state index in [1.54, 1.807) is 0 Å². The molecule has 6 heteroatoms. The third-order valence-electron chi connectivity index (χ3n) is 3.38. The summed E-state index contributed by atoms with van der Waals surface area (Å²) in [6.45, 7) is 12.4. The smallest absolute Gasteiger partial charge is 0.411 e. The number of hydrogen-bond acceptors (Lipinski definition) is 4. The Hall–Kier alpha value is -0.0301. The molecule has 2 saturated heterocycles. The number of hydrogen-bond donors (Lipinski definition) is 0. The van der Waals surface area contributed by atoms with Crippen molar-refractivity contribution in [2.75, 3.05) is 0 Å². The van der Waals surface area contributed by atoms with Gasteiger partial charge in [0.05, 0.1) is 11.2 Å². The Morgan fingerprint density at radius 3 is 1.39 bits per heavy atom. The van der Waals surface area contributed by atoms with Gasteiger partial charge < -0.3 is 18.6 Å². The summed E-state index contributed by atoms with van der Waals surface area (Å²) in [5.41, 5.74) is -0.389. The molecule has 0 amide bonds. The van der Waals surface area contributed by atoms with Crippen LogP contribution in [-0.4, -0.2) is 37.4 Å². The van der Waals surface area contributed by atoms with Crippen LogP contribution in [0.15, 0.2) is 0 Å². The molecule has 4 nitrogen and oxygen atoms in total. The van der Waals surface area contributed by atoms with E-state index in [0.717, 1.165) is 12.8 Å². The lowest BCUT2D eigenvalue weighted by Crippen LogP contribution is -2.60.